The number of nitrogens with zero attached hydrogens (tertiary/aromatic N) is 1. The van der Waals surface area contributed by atoms with E-state index in [0.29, 0.717) is 12.0 Å². The van der Waals surface area contributed by atoms with Crippen molar-refractivity contribution < 1.29 is 0 Å². The first-order chi connectivity index (χ1) is 10.0. The number of nitrogen functional groups attached to an aromatic ring is 1. The highest BCUT2D eigenvalue weighted by molar-refractivity contribution is 9.10. The zero-order chi connectivity index (χ0) is 15.0. The second-order valence-electron chi connectivity index (χ2n) is 6.40. The molecule has 1 aliphatic carbocycles. The maximum atomic E-state index is 6.08. The van der Waals surface area contributed by atoms with Gasteiger partial charge in [-0.05, 0) is 65.2 Å². The van der Waals surface area contributed by atoms with Crippen molar-refractivity contribution in [3.05, 3.63) is 28.9 Å². The molecule has 21 heavy (non-hydrogen) atoms. The highest BCUT2D eigenvalue weighted by Gasteiger charge is 2.25. The zero-order valence-electron chi connectivity index (χ0n) is 12.6. The summed E-state index contributed by atoms with van der Waals surface area (Å²) in [6.45, 7) is 4.70. The summed E-state index contributed by atoms with van der Waals surface area (Å²) in [6.07, 6.45) is 5.65. The van der Waals surface area contributed by atoms with Gasteiger partial charge in [0.1, 0.15) is 0 Å². The Balaban J connectivity index is 1.92. The maximum Gasteiger partial charge on any atom is 0.0954 e. The first-order valence-electron chi connectivity index (χ1n) is 7.65. The molecule has 3 nitrogen and oxygen atoms in total. The number of benzene rings is 1. The molecule has 3 unspecified atom stereocenters. The van der Waals surface area contributed by atoms with Gasteiger partial charge in [-0.15, -0.1) is 0 Å². The molecule has 1 heterocycles. The first-order valence-corrected chi connectivity index (χ1v) is 8.44. The molecular weight excluding hydrogens is 326 g/mol. The summed E-state index contributed by atoms with van der Waals surface area (Å²) in [4.78, 5) is 4.56. The molecule has 0 spiro atoms. The van der Waals surface area contributed by atoms with Gasteiger partial charge in [0.05, 0.1) is 11.2 Å². The number of fused-ring (bicyclic) bond motifs is 1. The molecule has 3 atom stereocenters. The summed E-state index contributed by atoms with van der Waals surface area (Å²) in [5.41, 5.74) is 8.91. The molecular formula is C17H22BrN3. The normalized spacial score (nSPS) is 26.0. The Morgan fingerprint density at radius 2 is 2.10 bits per heavy atom. The molecule has 1 aromatic carbocycles. The van der Waals surface area contributed by atoms with Gasteiger partial charge in [-0.3, -0.25) is 4.98 Å². The molecule has 1 fully saturated rings. The van der Waals surface area contributed by atoms with E-state index in [1.165, 1.54) is 19.3 Å². The van der Waals surface area contributed by atoms with Crippen molar-refractivity contribution in [2.45, 2.75) is 39.2 Å². The number of rotatable bonds is 2. The van der Waals surface area contributed by atoms with Crippen molar-refractivity contribution in [3.63, 3.8) is 0 Å². The SMILES string of the molecule is CC1CCC(Nc2ccc(N)c3cc(Br)cnc23)C(C)C1. The molecule has 1 saturated carbocycles. The van der Waals surface area contributed by atoms with Crippen LogP contribution < -0.4 is 11.1 Å². The van der Waals surface area contributed by atoms with Crippen LogP contribution in [-0.2, 0) is 0 Å². The zero-order valence-corrected chi connectivity index (χ0v) is 14.2. The number of nitrogens with one attached hydrogen (secondary N) is 1. The second-order valence-corrected chi connectivity index (χ2v) is 7.31. The molecule has 3 N–H and O–H groups in total. The largest absolute Gasteiger partial charge is 0.398 e. The Morgan fingerprint density at radius 1 is 1.29 bits per heavy atom. The van der Waals surface area contributed by atoms with Gasteiger partial charge in [0.15, 0.2) is 0 Å². The molecule has 1 aromatic heterocycles. The monoisotopic (exact) mass is 347 g/mol. The second kappa shape index (κ2) is 5.84. The van der Waals surface area contributed by atoms with Crippen molar-refractivity contribution in [1.82, 2.24) is 4.98 Å². The average Bonchev–Trinajstić information content (AvgIpc) is 2.45. The Morgan fingerprint density at radius 3 is 2.86 bits per heavy atom. The Hall–Kier alpha value is -1.29. The number of nitrogens with two attached hydrogens (primary N) is 1. The van der Waals surface area contributed by atoms with Crippen molar-refractivity contribution in [2.24, 2.45) is 11.8 Å². The molecule has 4 heteroatoms. The Labute approximate surface area is 134 Å². The summed E-state index contributed by atoms with van der Waals surface area (Å²) >= 11 is 3.47. The highest BCUT2D eigenvalue weighted by Crippen LogP contribution is 2.34. The van der Waals surface area contributed by atoms with E-state index >= 15 is 0 Å². The number of aromatic nitrogens is 1. The predicted molar refractivity (Wildman–Crippen MR) is 93.4 cm³/mol. The van der Waals surface area contributed by atoms with Gasteiger partial charge in [0.25, 0.3) is 0 Å². The van der Waals surface area contributed by atoms with Crippen molar-refractivity contribution in [1.29, 1.82) is 0 Å². The third-order valence-corrected chi connectivity index (χ3v) is 5.06. The van der Waals surface area contributed by atoms with Crippen molar-refractivity contribution in [2.75, 3.05) is 11.1 Å². The van der Waals surface area contributed by atoms with E-state index in [0.717, 1.165) is 32.7 Å². The van der Waals surface area contributed by atoms with Crippen LogP contribution in [0, 0.1) is 11.8 Å². The topological polar surface area (TPSA) is 50.9 Å². The molecule has 112 valence electrons. The van der Waals surface area contributed by atoms with Crippen molar-refractivity contribution in [3.8, 4) is 0 Å². The lowest BCUT2D eigenvalue weighted by Gasteiger charge is -2.34. The summed E-state index contributed by atoms with van der Waals surface area (Å²) < 4.78 is 0.957. The number of hydrogen-bond donors (Lipinski definition) is 2. The van der Waals surface area contributed by atoms with Gasteiger partial charge in [-0.2, -0.15) is 0 Å². The van der Waals surface area contributed by atoms with E-state index in [1.54, 1.807) is 0 Å². The summed E-state index contributed by atoms with van der Waals surface area (Å²) in [5, 5.41) is 4.71. The van der Waals surface area contributed by atoms with Crippen LogP contribution in [-0.4, -0.2) is 11.0 Å². The van der Waals surface area contributed by atoms with E-state index in [9.17, 15) is 0 Å². The first kappa shape index (κ1) is 14.6. The highest BCUT2D eigenvalue weighted by atomic mass is 79.9. The summed E-state index contributed by atoms with van der Waals surface area (Å²) in [7, 11) is 0. The van der Waals surface area contributed by atoms with Crippen LogP contribution in [0.2, 0.25) is 0 Å². The number of anilines is 2. The van der Waals surface area contributed by atoms with Gasteiger partial charge < -0.3 is 11.1 Å². The van der Waals surface area contributed by atoms with E-state index in [-0.39, 0.29) is 0 Å². The lowest BCUT2D eigenvalue weighted by Crippen LogP contribution is -2.33. The number of pyridine rings is 1. The van der Waals surface area contributed by atoms with Crippen LogP contribution in [0.25, 0.3) is 10.9 Å². The lowest BCUT2D eigenvalue weighted by molar-refractivity contribution is 0.276. The minimum absolute atomic E-state index is 0.526. The Kier molecular flexibility index (Phi) is 4.07. The van der Waals surface area contributed by atoms with E-state index < -0.39 is 0 Å². The Bertz CT molecular complexity index is 656. The van der Waals surface area contributed by atoms with Crippen LogP contribution in [0.4, 0.5) is 11.4 Å². The minimum atomic E-state index is 0.526. The standard InChI is InChI=1S/C17H22BrN3/c1-10-3-5-15(11(2)7-10)21-16-6-4-14(19)13-8-12(18)9-20-17(13)16/h4,6,8-11,15,21H,3,5,7,19H2,1-2H3. The van der Waals surface area contributed by atoms with Crippen LogP contribution >= 0.6 is 15.9 Å². The molecule has 3 rings (SSSR count). The number of halogens is 1. The molecule has 1 aliphatic rings. The third-order valence-electron chi connectivity index (χ3n) is 4.62. The van der Waals surface area contributed by atoms with Crippen LogP contribution in [0.5, 0.6) is 0 Å². The number of hydrogen-bond acceptors (Lipinski definition) is 3. The van der Waals surface area contributed by atoms with Crippen LogP contribution in [0.3, 0.4) is 0 Å². The van der Waals surface area contributed by atoms with Gasteiger partial charge >= 0.3 is 0 Å². The van der Waals surface area contributed by atoms with Crippen LogP contribution in [0.15, 0.2) is 28.9 Å². The van der Waals surface area contributed by atoms with E-state index in [2.05, 4.69) is 46.1 Å². The fourth-order valence-corrected chi connectivity index (χ4v) is 3.74. The molecule has 0 bridgehead atoms. The van der Waals surface area contributed by atoms with Crippen LogP contribution in [0.1, 0.15) is 33.1 Å². The quantitative estimate of drug-likeness (QED) is 0.766. The summed E-state index contributed by atoms with van der Waals surface area (Å²) in [5.74, 6) is 1.53. The van der Waals surface area contributed by atoms with E-state index in [4.69, 9.17) is 5.73 Å². The molecule has 0 radical (unpaired) electrons. The van der Waals surface area contributed by atoms with Gasteiger partial charge in [-0.1, -0.05) is 13.8 Å². The fraction of sp³-hybridized carbons (Fsp3) is 0.471. The van der Waals surface area contributed by atoms with Gasteiger partial charge in [0.2, 0.25) is 0 Å². The smallest absolute Gasteiger partial charge is 0.0954 e. The molecule has 0 amide bonds. The van der Waals surface area contributed by atoms with Gasteiger partial charge in [0, 0.05) is 27.8 Å². The average molecular weight is 348 g/mol. The lowest BCUT2D eigenvalue weighted by atomic mass is 9.80. The molecule has 0 saturated heterocycles. The minimum Gasteiger partial charge on any atom is -0.398 e. The van der Waals surface area contributed by atoms with Gasteiger partial charge in [-0.25, -0.2) is 0 Å². The molecule has 0 aliphatic heterocycles. The maximum absolute atomic E-state index is 6.08. The fourth-order valence-electron chi connectivity index (χ4n) is 3.41. The predicted octanol–water partition coefficient (Wildman–Crippen LogP) is 4.82. The van der Waals surface area contributed by atoms with E-state index in [1.807, 2.05) is 18.3 Å². The molecule has 2 aromatic rings. The van der Waals surface area contributed by atoms with Crippen molar-refractivity contribution >= 4 is 38.2 Å². The third kappa shape index (κ3) is 3.00. The summed E-state index contributed by atoms with van der Waals surface area (Å²) in [6, 6.07) is 6.59.